The van der Waals surface area contributed by atoms with Crippen molar-refractivity contribution in [2.24, 2.45) is 0 Å². The molecule has 7 heteroatoms. The third-order valence-corrected chi connectivity index (χ3v) is 6.47. The van der Waals surface area contributed by atoms with Crippen molar-refractivity contribution in [3.05, 3.63) is 59.7 Å². The molecule has 1 saturated heterocycles. The third kappa shape index (κ3) is 3.88. The zero-order chi connectivity index (χ0) is 18.6. The zero-order valence-electron chi connectivity index (χ0n) is 14.6. The maximum Gasteiger partial charge on any atom is 0.243 e. The largest absolute Gasteiger partial charge is 0.497 e. The van der Waals surface area contributed by atoms with Gasteiger partial charge in [0.1, 0.15) is 5.75 Å². The van der Waals surface area contributed by atoms with Crippen LogP contribution in [0.2, 0.25) is 0 Å². The molecule has 0 bridgehead atoms. The Labute approximate surface area is 154 Å². The van der Waals surface area contributed by atoms with Gasteiger partial charge in [-0.05, 0) is 35.9 Å². The molecule has 1 aliphatic heterocycles. The lowest BCUT2D eigenvalue weighted by Crippen LogP contribution is -2.48. The quantitative estimate of drug-likeness (QED) is 0.804. The van der Waals surface area contributed by atoms with Gasteiger partial charge < -0.3 is 4.74 Å². The van der Waals surface area contributed by atoms with Crippen molar-refractivity contribution in [1.82, 2.24) is 9.21 Å². The minimum absolute atomic E-state index is 0.279. The highest BCUT2D eigenvalue weighted by Crippen LogP contribution is 2.21. The number of nitrogens with zero attached hydrogens (tertiary/aromatic N) is 3. The van der Waals surface area contributed by atoms with Crippen molar-refractivity contribution in [1.29, 1.82) is 5.26 Å². The molecule has 3 rings (SSSR count). The lowest BCUT2D eigenvalue weighted by Gasteiger charge is -2.34. The fraction of sp³-hybridized carbons (Fsp3) is 0.316. The van der Waals surface area contributed by atoms with Crippen LogP contribution in [-0.4, -0.2) is 50.9 Å². The molecular weight excluding hydrogens is 350 g/mol. The summed E-state index contributed by atoms with van der Waals surface area (Å²) >= 11 is 0. The van der Waals surface area contributed by atoms with Gasteiger partial charge in [-0.2, -0.15) is 9.57 Å². The first kappa shape index (κ1) is 18.4. The maximum absolute atomic E-state index is 12.8. The van der Waals surface area contributed by atoms with Crippen LogP contribution in [0.15, 0.2) is 53.4 Å². The van der Waals surface area contributed by atoms with Crippen molar-refractivity contribution >= 4 is 10.0 Å². The second kappa shape index (κ2) is 7.87. The Hall–Kier alpha value is -2.40. The van der Waals surface area contributed by atoms with Gasteiger partial charge in [0.2, 0.25) is 10.0 Å². The number of benzene rings is 2. The topological polar surface area (TPSA) is 73.6 Å². The van der Waals surface area contributed by atoms with Crippen LogP contribution in [0.25, 0.3) is 0 Å². The van der Waals surface area contributed by atoms with Crippen LogP contribution >= 0.6 is 0 Å². The van der Waals surface area contributed by atoms with Crippen LogP contribution in [0.5, 0.6) is 5.75 Å². The van der Waals surface area contributed by atoms with E-state index < -0.39 is 10.0 Å². The van der Waals surface area contributed by atoms with E-state index in [1.807, 2.05) is 18.2 Å². The number of nitriles is 1. The Bertz CT molecular complexity index is 896. The lowest BCUT2D eigenvalue weighted by molar-refractivity contribution is 0.181. The van der Waals surface area contributed by atoms with E-state index in [-0.39, 0.29) is 4.90 Å². The van der Waals surface area contributed by atoms with Gasteiger partial charge in [-0.15, -0.1) is 0 Å². The van der Waals surface area contributed by atoms with Crippen molar-refractivity contribution in [3.8, 4) is 11.8 Å². The number of sulfonamides is 1. The van der Waals surface area contributed by atoms with Gasteiger partial charge in [0, 0.05) is 32.7 Å². The first-order valence-electron chi connectivity index (χ1n) is 8.39. The van der Waals surface area contributed by atoms with E-state index in [0.29, 0.717) is 44.0 Å². The monoisotopic (exact) mass is 371 g/mol. The summed E-state index contributed by atoms with van der Waals surface area (Å²) in [7, 11) is -1.95. The van der Waals surface area contributed by atoms with Crippen LogP contribution in [-0.2, 0) is 16.6 Å². The standard InChI is InChI=1S/C19H21N3O3S/c1-25-18-6-8-19(9-7-18)26(23,24)22-12-10-21(11-13-22)15-17-5-3-2-4-16(17)14-20/h2-9H,10-13,15H2,1H3. The summed E-state index contributed by atoms with van der Waals surface area (Å²) in [5.41, 5.74) is 1.64. The van der Waals surface area contributed by atoms with Gasteiger partial charge in [0.25, 0.3) is 0 Å². The molecule has 0 radical (unpaired) electrons. The predicted molar refractivity (Wildman–Crippen MR) is 98.2 cm³/mol. The summed E-state index contributed by atoms with van der Waals surface area (Å²) in [5, 5.41) is 9.20. The highest BCUT2D eigenvalue weighted by atomic mass is 32.2. The molecule has 0 saturated carbocycles. The molecule has 0 atom stereocenters. The summed E-state index contributed by atoms with van der Waals surface area (Å²) in [5.74, 6) is 0.630. The Morgan fingerprint density at radius 2 is 1.69 bits per heavy atom. The summed E-state index contributed by atoms with van der Waals surface area (Å²) in [6.45, 7) is 2.79. The molecule has 1 fully saturated rings. The van der Waals surface area contributed by atoms with Crippen LogP contribution in [0.4, 0.5) is 0 Å². The fourth-order valence-corrected chi connectivity index (χ4v) is 4.46. The molecule has 1 heterocycles. The van der Waals surface area contributed by atoms with Crippen molar-refractivity contribution < 1.29 is 13.2 Å². The van der Waals surface area contributed by atoms with Crippen molar-refractivity contribution in [2.75, 3.05) is 33.3 Å². The lowest BCUT2D eigenvalue weighted by atomic mass is 10.1. The molecule has 26 heavy (non-hydrogen) atoms. The molecule has 0 N–H and O–H groups in total. The Morgan fingerprint density at radius 1 is 1.04 bits per heavy atom. The summed E-state index contributed by atoms with van der Waals surface area (Å²) in [4.78, 5) is 2.46. The average molecular weight is 371 g/mol. The van der Waals surface area contributed by atoms with E-state index in [0.717, 1.165) is 5.56 Å². The smallest absolute Gasteiger partial charge is 0.243 e. The van der Waals surface area contributed by atoms with Crippen molar-refractivity contribution in [2.45, 2.75) is 11.4 Å². The van der Waals surface area contributed by atoms with Crippen molar-refractivity contribution in [3.63, 3.8) is 0 Å². The summed E-state index contributed by atoms with van der Waals surface area (Å²) < 4.78 is 32.1. The molecule has 1 aliphatic rings. The van der Waals surface area contributed by atoms with Gasteiger partial charge >= 0.3 is 0 Å². The summed E-state index contributed by atoms with van der Waals surface area (Å²) in [6.07, 6.45) is 0. The zero-order valence-corrected chi connectivity index (χ0v) is 15.4. The number of piperazine rings is 1. The molecule has 0 unspecified atom stereocenters. The molecule has 0 aliphatic carbocycles. The Kier molecular flexibility index (Phi) is 5.57. The third-order valence-electron chi connectivity index (χ3n) is 4.56. The molecule has 6 nitrogen and oxygen atoms in total. The van der Waals surface area contributed by atoms with Crippen LogP contribution in [0.3, 0.4) is 0 Å². The average Bonchev–Trinajstić information content (AvgIpc) is 2.69. The minimum atomic E-state index is -3.50. The highest BCUT2D eigenvalue weighted by molar-refractivity contribution is 7.89. The van der Waals surface area contributed by atoms with E-state index >= 15 is 0 Å². The Balaban J connectivity index is 1.65. The van der Waals surface area contributed by atoms with Gasteiger partial charge in [0.15, 0.2) is 0 Å². The number of rotatable bonds is 5. The molecule has 0 spiro atoms. The molecule has 0 amide bonds. The SMILES string of the molecule is COc1ccc(S(=O)(=O)N2CCN(Cc3ccccc3C#N)CC2)cc1. The van der Waals surface area contributed by atoms with Crippen LogP contribution in [0, 0.1) is 11.3 Å². The van der Waals surface area contributed by atoms with Crippen LogP contribution in [0.1, 0.15) is 11.1 Å². The Morgan fingerprint density at radius 3 is 2.31 bits per heavy atom. The number of hydrogen-bond donors (Lipinski definition) is 0. The van der Waals surface area contributed by atoms with E-state index in [1.54, 1.807) is 37.4 Å². The van der Waals surface area contributed by atoms with Gasteiger partial charge in [-0.3, -0.25) is 4.90 Å². The second-order valence-corrected chi connectivity index (χ2v) is 8.06. The number of ether oxygens (including phenoxy) is 1. The molecule has 2 aromatic rings. The molecule has 2 aromatic carbocycles. The summed E-state index contributed by atoms with van der Waals surface area (Å²) in [6, 6.07) is 16.2. The maximum atomic E-state index is 12.8. The number of methoxy groups -OCH3 is 1. The normalized spacial score (nSPS) is 16.2. The van der Waals surface area contributed by atoms with Crippen LogP contribution < -0.4 is 4.74 Å². The van der Waals surface area contributed by atoms with E-state index in [2.05, 4.69) is 11.0 Å². The van der Waals surface area contributed by atoms with Gasteiger partial charge in [-0.1, -0.05) is 18.2 Å². The first-order chi connectivity index (χ1) is 12.5. The van der Waals surface area contributed by atoms with E-state index in [1.165, 1.54) is 4.31 Å². The van der Waals surface area contributed by atoms with E-state index in [4.69, 9.17) is 4.74 Å². The van der Waals surface area contributed by atoms with E-state index in [9.17, 15) is 13.7 Å². The predicted octanol–water partition coefficient (Wildman–Crippen LogP) is 2.07. The second-order valence-electron chi connectivity index (χ2n) is 6.12. The molecule has 136 valence electrons. The molecule has 0 aromatic heterocycles. The van der Waals surface area contributed by atoms with Gasteiger partial charge in [-0.25, -0.2) is 8.42 Å². The highest BCUT2D eigenvalue weighted by Gasteiger charge is 2.28. The number of hydrogen-bond acceptors (Lipinski definition) is 5. The molecular formula is C19H21N3O3S. The van der Waals surface area contributed by atoms with Gasteiger partial charge in [0.05, 0.1) is 23.6 Å². The fourth-order valence-electron chi connectivity index (χ4n) is 3.03. The minimum Gasteiger partial charge on any atom is -0.497 e. The first-order valence-corrected chi connectivity index (χ1v) is 9.83.